The van der Waals surface area contributed by atoms with Crippen molar-refractivity contribution in [1.82, 2.24) is 0 Å². The Hall–Kier alpha value is -0.330. The number of sulfone groups is 1. The molecule has 5 nitrogen and oxygen atoms in total. The smallest absolute Gasteiger partial charge is 0.325 e. The molecule has 0 saturated heterocycles. The van der Waals surface area contributed by atoms with Crippen LogP contribution in [0, 0.1) is 0 Å². The van der Waals surface area contributed by atoms with E-state index in [0.717, 1.165) is 0 Å². The first-order valence-corrected chi connectivity index (χ1v) is 6.16. The summed E-state index contributed by atoms with van der Waals surface area (Å²) in [5.74, 6) is -0.845. The molecule has 0 aliphatic carbocycles. The molecule has 0 bridgehead atoms. The van der Waals surface area contributed by atoms with Gasteiger partial charge in [-0.2, -0.15) is 0 Å². The van der Waals surface area contributed by atoms with Gasteiger partial charge in [-0.3, -0.25) is 4.79 Å². The average Bonchev–Trinajstić information content (AvgIpc) is 2.04. The fourth-order valence-corrected chi connectivity index (χ4v) is 2.26. The number of esters is 1. The molecule has 0 aliphatic rings. The van der Waals surface area contributed by atoms with Crippen LogP contribution in [0.2, 0.25) is 0 Å². The minimum absolute atomic E-state index is 0.113. The zero-order chi connectivity index (χ0) is 11.4. The highest BCUT2D eigenvalue weighted by atomic mass is 35.5. The third kappa shape index (κ3) is 3.11. The zero-order valence-electron chi connectivity index (χ0n) is 8.07. The Bertz CT molecular complexity index is 288. The second-order valence-corrected chi connectivity index (χ2v) is 5.98. The van der Waals surface area contributed by atoms with Crippen LogP contribution in [0.1, 0.15) is 13.8 Å². The van der Waals surface area contributed by atoms with E-state index in [1.54, 1.807) is 6.92 Å². The molecular weight excluding hydrogens is 230 g/mol. The maximum atomic E-state index is 11.5. The van der Waals surface area contributed by atoms with E-state index in [1.165, 1.54) is 6.92 Å². The van der Waals surface area contributed by atoms with Gasteiger partial charge >= 0.3 is 5.97 Å². The Morgan fingerprint density at radius 2 is 2.07 bits per heavy atom. The first-order chi connectivity index (χ1) is 6.37. The summed E-state index contributed by atoms with van der Waals surface area (Å²) in [6.45, 7) is 2.65. The minimum atomic E-state index is -3.74. The molecule has 0 heterocycles. The fraction of sp³-hybridized carbons (Fsp3) is 0.857. The highest BCUT2D eigenvalue weighted by molar-refractivity contribution is 7.94. The van der Waals surface area contributed by atoms with E-state index >= 15 is 0 Å². The Balaban J connectivity index is 4.82. The van der Waals surface area contributed by atoms with Crippen LogP contribution in [0.3, 0.4) is 0 Å². The van der Waals surface area contributed by atoms with Crippen LogP contribution >= 0.6 is 11.6 Å². The number of hydrogen-bond acceptors (Lipinski definition) is 5. The van der Waals surface area contributed by atoms with Crippen LogP contribution < -0.4 is 5.73 Å². The van der Waals surface area contributed by atoms with Gasteiger partial charge in [0.25, 0.3) is 0 Å². The first kappa shape index (κ1) is 13.7. The van der Waals surface area contributed by atoms with E-state index in [-0.39, 0.29) is 13.2 Å². The lowest BCUT2D eigenvalue weighted by atomic mass is 10.4. The first-order valence-electron chi connectivity index (χ1n) is 4.11. The van der Waals surface area contributed by atoms with Crippen molar-refractivity contribution in [2.45, 2.75) is 23.8 Å². The van der Waals surface area contributed by atoms with Gasteiger partial charge in [-0.05, 0) is 13.8 Å². The Morgan fingerprint density at radius 1 is 1.57 bits per heavy atom. The van der Waals surface area contributed by atoms with Gasteiger partial charge in [0, 0.05) is 6.54 Å². The molecule has 2 N–H and O–H groups in total. The Labute approximate surface area is 88.5 Å². The molecule has 2 atom stereocenters. The highest BCUT2D eigenvalue weighted by Gasteiger charge is 2.35. The number of ether oxygens (including phenoxy) is 1. The van der Waals surface area contributed by atoms with Gasteiger partial charge in [0.05, 0.1) is 6.61 Å². The monoisotopic (exact) mass is 243 g/mol. The van der Waals surface area contributed by atoms with Crippen molar-refractivity contribution >= 4 is 27.4 Å². The number of nitrogens with two attached hydrogens (primary N) is 1. The second-order valence-electron chi connectivity index (χ2n) is 2.61. The maximum absolute atomic E-state index is 11.5. The van der Waals surface area contributed by atoms with Crippen LogP contribution in [0.15, 0.2) is 0 Å². The molecule has 0 aliphatic heterocycles. The van der Waals surface area contributed by atoms with Gasteiger partial charge in [0.1, 0.15) is 4.71 Å². The fourth-order valence-electron chi connectivity index (χ4n) is 0.826. The van der Waals surface area contributed by atoms with Crippen LogP contribution in [0.4, 0.5) is 0 Å². The molecule has 0 rings (SSSR count). The summed E-state index contributed by atoms with van der Waals surface area (Å²) in [5, 5.41) is -1.37. The largest absolute Gasteiger partial charge is 0.465 e. The number of rotatable bonds is 5. The number of hydrogen-bond donors (Lipinski definition) is 1. The van der Waals surface area contributed by atoms with Gasteiger partial charge in [0.15, 0.2) is 15.1 Å². The molecule has 7 heteroatoms. The normalized spacial score (nSPS) is 16.0. The summed E-state index contributed by atoms with van der Waals surface area (Å²) >= 11 is 5.44. The van der Waals surface area contributed by atoms with Gasteiger partial charge in [-0.1, -0.05) is 0 Å². The predicted octanol–water partition coefficient (Wildman–Crippen LogP) is -0.124. The molecule has 2 unspecified atom stereocenters. The number of halogens is 1. The summed E-state index contributed by atoms with van der Waals surface area (Å²) in [6.07, 6.45) is 0. The van der Waals surface area contributed by atoms with Crippen LogP contribution in [0.25, 0.3) is 0 Å². The predicted molar refractivity (Wildman–Crippen MR) is 53.7 cm³/mol. The summed E-state index contributed by atoms with van der Waals surface area (Å²) in [7, 11) is -3.74. The van der Waals surface area contributed by atoms with Crippen LogP contribution in [-0.4, -0.2) is 37.5 Å². The topological polar surface area (TPSA) is 86.5 Å². The number of alkyl halides is 1. The highest BCUT2D eigenvalue weighted by Crippen LogP contribution is 2.13. The van der Waals surface area contributed by atoms with Gasteiger partial charge < -0.3 is 10.5 Å². The molecule has 0 spiro atoms. The number of carbonyl (C=O) groups excluding carboxylic acids is 1. The van der Waals surface area contributed by atoms with Crippen molar-refractivity contribution in [2.24, 2.45) is 5.73 Å². The Morgan fingerprint density at radius 3 is 2.36 bits per heavy atom. The zero-order valence-corrected chi connectivity index (χ0v) is 9.64. The number of carbonyl (C=O) groups is 1. The van der Waals surface area contributed by atoms with E-state index in [0.29, 0.717) is 0 Å². The van der Waals surface area contributed by atoms with Gasteiger partial charge in [-0.15, -0.1) is 11.6 Å². The molecular formula is C7H14ClNO4S. The summed E-state index contributed by atoms with van der Waals surface area (Å²) in [4.78, 5) is 11.2. The summed E-state index contributed by atoms with van der Waals surface area (Å²) in [5.41, 5.74) is 5.19. The van der Waals surface area contributed by atoms with Crippen molar-refractivity contribution in [3.05, 3.63) is 0 Å². The van der Waals surface area contributed by atoms with E-state index < -0.39 is 25.8 Å². The second kappa shape index (κ2) is 5.53. The van der Waals surface area contributed by atoms with Crippen molar-refractivity contribution in [3.63, 3.8) is 0 Å². The molecule has 0 aromatic carbocycles. The van der Waals surface area contributed by atoms with E-state index in [1.807, 2.05) is 0 Å². The summed E-state index contributed by atoms with van der Waals surface area (Å²) < 4.78 is 26.4. The molecule has 0 fully saturated rings. The molecule has 0 amide bonds. The van der Waals surface area contributed by atoms with Crippen molar-refractivity contribution in [2.75, 3.05) is 13.2 Å². The quantitative estimate of drug-likeness (QED) is 0.537. The molecule has 84 valence electrons. The van der Waals surface area contributed by atoms with E-state index in [4.69, 9.17) is 17.3 Å². The Kier molecular flexibility index (Phi) is 5.40. The maximum Gasteiger partial charge on any atom is 0.325 e. The minimum Gasteiger partial charge on any atom is -0.465 e. The van der Waals surface area contributed by atoms with Crippen molar-refractivity contribution in [3.8, 4) is 0 Å². The lowest BCUT2D eigenvalue weighted by Gasteiger charge is -2.15. The van der Waals surface area contributed by atoms with Crippen LogP contribution in [-0.2, 0) is 19.4 Å². The average molecular weight is 244 g/mol. The van der Waals surface area contributed by atoms with Crippen LogP contribution in [0.5, 0.6) is 0 Å². The lowest BCUT2D eigenvalue weighted by Crippen LogP contribution is -2.41. The van der Waals surface area contributed by atoms with Crippen molar-refractivity contribution < 1.29 is 17.9 Å². The van der Waals surface area contributed by atoms with Crippen molar-refractivity contribution in [1.29, 1.82) is 0 Å². The van der Waals surface area contributed by atoms with E-state index in [2.05, 4.69) is 4.74 Å². The standard InChI is InChI=1S/C7H14ClNO4S/c1-3-13-7(10)6(4-9)14(11,12)5(2)8/h5-6H,3-4,9H2,1-2H3. The summed E-state index contributed by atoms with van der Waals surface area (Å²) in [6, 6.07) is 0. The lowest BCUT2D eigenvalue weighted by molar-refractivity contribution is -0.142. The molecule has 0 radical (unpaired) electrons. The van der Waals surface area contributed by atoms with Gasteiger partial charge in [0.2, 0.25) is 0 Å². The van der Waals surface area contributed by atoms with Gasteiger partial charge in [-0.25, -0.2) is 8.42 Å². The molecule has 0 aromatic rings. The molecule has 14 heavy (non-hydrogen) atoms. The molecule has 0 aromatic heterocycles. The third-order valence-electron chi connectivity index (χ3n) is 1.61. The SMILES string of the molecule is CCOC(=O)C(CN)S(=O)(=O)C(C)Cl. The third-order valence-corrected chi connectivity index (χ3v) is 4.44. The molecule has 0 saturated carbocycles. The van der Waals surface area contributed by atoms with E-state index in [9.17, 15) is 13.2 Å².